The van der Waals surface area contributed by atoms with Gasteiger partial charge < -0.3 is 5.11 Å². The molecular weight excluding hydrogens is 220 g/mol. The van der Waals surface area contributed by atoms with Crippen molar-refractivity contribution in [3.63, 3.8) is 0 Å². The van der Waals surface area contributed by atoms with Gasteiger partial charge in [-0.1, -0.05) is 11.3 Å². The number of hydrogen-bond donors (Lipinski definition) is 1. The molecule has 78 valence electrons. The van der Waals surface area contributed by atoms with Crippen LogP contribution in [0.1, 0.15) is 5.69 Å². The zero-order valence-corrected chi connectivity index (χ0v) is 8.61. The van der Waals surface area contributed by atoms with Crippen LogP contribution in [0.5, 0.6) is 5.06 Å². The maximum Gasteiger partial charge on any atom is 0.195 e. The monoisotopic (exact) mass is 227 g/mol. The predicted molar refractivity (Wildman–Crippen MR) is 53.9 cm³/mol. The fourth-order valence-corrected chi connectivity index (χ4v) is 2.00. The van der Waals surface area contributed by atoms with Crippen molar-refractivity contribution in [3.05, 3.63) is 35.5 Å². The molecule has 1 aromatic heterocycles. The van der Waals surface area contributed by atoms with Crippen LogP contribution >= 0.6 is 11.3 Å². The minimum Gasteiger partial charge on any atom is -0.498 e. The third-order valence-electron chi connectivity index (χ3n) is 1.93. The molecule has 0 aliphatic heterocycles. The fourth-order valence-electron chi connectivity index (χ4n) is 1.17. The molecule has 0 spiro atoms. The van der Waals surface area contributed by atoms with E-state index in [4.69, 9.17) is 0 Å². The number of rotatable bonds is 1. The Morgan fingerprint density at radius 1 is 1.33 bits per heavy atom. The van der Waals surface area contributed by atoms with E-state index >= 15 is 0 Å². The van der Waals surface area contributed by atoms with Crippen molar-refractivity contribution in [1.82, 2.24) is 4.98 Å². The second kappa shape index (κ2) is 3.58. The van der Waals surface area contributed by atoms with Gasteiger partial charge in [-0.05, 0) is 19.1 Å². The number of aromatic nitrogens is 1. The van der Waals surface area contributed by atoms with Crippen LogP contribution in [-0.2, 0) is 0 Å². The summed E-state index contributed by atoms with van der Waals surface area (Å²) in [6.07, 6.45) is 0. The van der Waals surface area contributed by atoms with Crippen LogP contribution in [0.3, 0.4) is 0 Å². The molecule has 0 atom stereocenters. The van der Waals surface area contributed by atoms with E-state index in [1.54, 1.807) is 6.92 Å². The van der Waals surface area contributed by atoms with Crippen LogP contribution < -0.4 is 0 Å². The largest absolute Gasteiger partial charge is 0.498 e. The minimum absolute atomic E-state index is 0.0497. The highest BCUT2D eigenvalue weighted by Gasteiger charge is 2.12. The van der Waals surface area contributed by atoms with Gasteiger partial charge in [-0.2, -0.15) is 0 Å². The highest BCUT2D eigenvalue weighted by Crippen LogP contribution is 2.33. The Morgan fingerprint density at radius 2 is 2.07 bits per heavy atom. The Kier molecular flexibility index (Phi) is 2.40. The number of thiazole rings is 1. The van der Waals surface area contributed by atoms with E-state index in [2.05, 4.69) is 4.98 Å². The zero-order chi connectivity index (χ0) is 11.0. The van der Waals surface area contributed by atoms with Gasteiger partial charge in [0.1, 0.15) is 16.6 Å². The Hall–Kier alpha value is -1.49. The van der Waals surface area contributed by atoms with Crippen LogP contribution in [0.15, 0.2) is 18.2 Å². The van der Waals surface area contributed by atoms with Crippen molar-refractivity contribution in [2.24, 2.45) is 0 Å². The SMILES string of the molecule is Cc1nc(-c2ccc(F)cc2F)sc1O. The zero-order valence-electron chi connectivity index (χ0n) is 7.79. The Morgan fingerprint density at radius 3 is 2.60 bits per heavy atom. The fraction of sp³-hybridized carbons (Fsp3) is 0.100. The molecule has 2 aromatic rings. The highest BCUT2D eigenvalue weighted by atomic mass is 32.1. The van der Waals surface area contributed by atoms with E-state index < -0.39 is 11.6 Å². The molecule has 2 nitrogen and oxygen atoms in total. The van der Waals surface area contributed by atoms with E-state index in [-0.39, 0.29) is 10.6 Å². The molecule has 2 rings (SSSR count). The van der Waals surface area contributed by atoms with Crippen molar-refractivity contribution >= 4 is 11.3 Å². The molecule has 0 fully saturated rings. The first-order chi connectivity index (χ1) is 7.08. The van der Waals surface area contributed by atoms with Gasteiger partial charge in [-0.3, -0.25) is 0 Å². The topological polar surface area (TPSA) is 33.1 Å². The van der Waals surface area contributed by atoms with Crippen LogP contribution in [0, 0.1) is 18.6 Å². The molecule has 0 radical (unpaired) electrons. The number of aromatic hydroxyl groups is 1. The summed E-state index contributed by atoms with van der Waals surface area (Å²) in [6.45, 7) is 1.62. The smallest absolute Gasteiger partial charge is 0.195 e. The van der Waals surface area contributed by atoms with Gasteiger partial charge in [0.05, 0.1) is 5.69 Å². The third kappa shape index (κ3) is 1.83. The first-order valence-electron chi connectivity index (χ1n) is 4.20. The van der Waals surface area contributed by atoms with Crippen molar-refractivity contribution in [3.8, 4) is 15.6 Å². The Bertz CT molecular complexity index is 491. The van der Waals surface area contributed by atoms with Gasteiger partial charge in [0.15, 0.2) is 5.06 Å². The molecule has 0 unspecified atom stereocenters. The minimum atomic E-state index is -0.677. The molecule has 0 amide bonds. The van der Waals surface area contributed by atoms with Crippen LogP contribution in [0.2, 0.25) is 0 Å². The summed E-state index contributed by atoms with van der Waals surface area (Å²) in [5, 5.41) is 9.71. The lowest BCUT2D eigenvalue weighted by Crippen LogP contribution is -1.85. The number of hydrogen-bond acceptors (Lipinski definition) is 3. The summed E-state index contributed by atoms with van der Waals surface area (Å²) in [5.74, 6) is -1.31. The Balaban J connectivity index is 2.54. The van der Waals surface area contributed by atoms with Gasteiger partial charge in [0.25, 0.3) is 0 Å². The molecule has 1 heterocycles. The van der Waals surface area contributed by atoms with Crippen molar-refractivity contribution in [2.75, 3.05) is 0 Å². The van der Waals surface area contributed by atoms with Crippen LogP contribution in [-0.4, -0.2) is 10.1 Å². The molecule has 0 bridgehead atoms. The van der Waals surface area contributed by atoms with Gasteiger partial charge in [0, 0.05) is 11.6 Å². The lowest BCUT2D eigenvalue weighted by molar-refractivity contribution is 0.485. The van der Waals surface area contributed by atoms with Gasteiger partial charge in [-0.25, -0.2) is 13.8 Å². The number of halogens is 2. The van der Waals surface area contributed by atoms with Crippen LogP contribution in [0.4, 0.5) is 8.78 Å². The molecule has 15 heavy (non-hydrogen) atoms. The summed E-state index contributed by atoms with van der Waals surface area (Å²) in [7, 11) is 0. The predicted octanol–water partition coefficient (Wildman–Crippen LogP) is 3.10. The van der Waals surface area contributed by atoms with Crippen molar-refractivity contribution in [2.45, 2.75) is 6.92 Å². The molecule has 1 N–H and O–H groups in total. The normalized spacial score (nSPS) is 10.6. The van der Waals surface area contributed by atoms with E-state index in [0.29, 0.717) is 10.7 Å². The van der Waals surface area contributed by atoms with E-state index in [0.717, 1.165) is 23.5 Å². The molecule has 0 saturated carbocycles. The first kappa shape index (κ1) is 10.0. The second-order valence-corrected chi connectivity index (χ2v) is 4.01. The summed E-state index contributed by atoms with van der Waals surface area (Å²) < 4.78 is 26.0. The third-order valence-corrected chi connectivity index (χ3v) is 2.93. The average molecular weight is 227 g/mol. The lowest BCUT2D eigenvalue weighted by Gasteiger charge is -1.97. The number of benzene rings is 1. The Labute approximate surface area is 88.8 Å². The molecule has 0 saturated heterocycles. The summed E-state index contributed by atoms with van der Waals surface area (Å²) in [6, 6.07) is 3.26. The van der Waals surface area contributed by atoms with Crippen LogP contribution in [0.25, 0.3) is 10.6 Å². The van der Waals surface area contributed by atoms with Gasteiger partial charge in [0.2, 0.25) is 0 Å². The van der Waals surface area contributed by atoms with E-state index in [9.17, 15) is 13.9 Å². The quantitative estimate of drug-likeness (QED) is 0.812. The summed E-state index contributed by atoms with van der Waals surface area (Å²) in [4.78, 5) is 3.98. The van der Waals surface area contributed by atoms with Gasteiger partial charge in [-0.15, -0.1) is 0 Å². The standard InChI is InChI=1S/C10H7F2NOS/c1-5-10(14)15-9(13-5)7-3-2-6(11)4-8(7)12/h2-4,14H,1H3. The average Bonchev–Trinajstić information content (AvgIpc) is 2.46. The maximum absolute atomic E-state index is 13.3. The van der Waals surface area contributed by atoms with Gasteiger partial charge >= 0.3 is 0 Å². The molecule has 1 aromatic carbocycles. The molecule has 5 heteroatoms. The van der Waals surface area contributed by atoms with Crippen molar-refractivity contribution in [1.29, 1.82) is 0 Å². The lowest BCUT2D eigenvalue weighted by atomic mass is 10.2. The van der Waals surface area contributed by atoms with E-state index in [1.807, 2.05) is 0 Å². The highest BCUT2D eigenvalue weighted by molar-refractivity contribution is 7.16. The maximum atomic E-state index is 13.3. The molecule has 0 aliphatic rings. The van der Waals surface area contributed by atoms with E-state index in [1.165, 1.54) is 6.07 Å². The molecular formula is C10H7F2NOS. The van der Waals surface area contributed by atoms with Crippen molar-refractivity contribution < 1.29 is 13.9 Å². The number of aryl methyl sites for hydroxylation is 1. The molecule has 0 aliphatic carbocycles. The number of nitrogens with zero attached hydrogens (tertiary/aromatic N) is 1. The summed E-state index contributed by atoms with van der Waals surface area (Å²) >= 11 is 0.969. The first-order valence-corrected chi connectivity index (χ1v) is 5.01. The second-order valence-electron chi connectivity index (χ2n) is 3.03. The summed E-state index contributed by atoms with van der Waals surface area (Å²) in [5.41, 5.74) is 0.642.